The first-order chi connectivity index (χ1) is 9.96. The molecule has 4 aliphatic carbocycles. The van der Waals surface area contributed by atoms with E-state index >= 15 is 0 Å². The highest BCUT2D eigenvalue weighted by Crippen LogP contribution is 2.55. The number of hydrogen-bond acceptors (Lipinski definition) is 3. The SMILES string of the molecule is Cc1c(C(=O)NC23CC4CC(CC(C4)C2)C3)sc(=O)n1C. The summed E-state index contributed by atoms with van der Waals surface area (Å²) in [6, 6.07) is 0. The molecule has 0 aliphatic heterocycles. The molecule has 0 radical (unpaired) electrons. The van der Waals surface area contributed by atoms with Gasteiger partial charge in [0, 0.05) is 18.3 Å². The first-order valence-corrected chi connectivity index (χ1v) is 8.76. The summed E-state index contributed by atoms with van der Waals surface area (Å²) in [6.07, 6.45) is 7.54. The van der Waals surface area contributed by atoms with Crippen molar-refractivity contribution in [3.63, 3.8) is 0 Å². The third-order valence-corrected chi connectivity index (χ3v) is 7.05. The van der Waals surface area contributed by atoms with Gasteiger partial charge in [0.25, 0.3) is 5.91 Å². The van der Waals surface area contributed by atoms with Crippen LogP contribution < -0.4 is 10.2 Å². The van der Waals surface area contributed by atoms with E-state index in [-0.39, 0.29) is 16.3 Å². The molecule has 0 spiro atoms. The van der Waals surface area contributed by atoms with Crippen LogP contribution in [0.4, 0.5) is 0 Å². The van der Waals surface area contributed by atoms with Gasteiger partial charge in [0.2, 0.25) is 0 Å². The zero-order chi connectivity index (χ0) is 14.8. The number of carbonyl (C=O) groups is 1. The summed E-state index contributed by atoms with van der Waals surface area (Å²) in [4.78, 5) is 24.9. The maximum absolute atomic E-state index is 12.7. The van der Waals surface area contributed by atoms with Gasteiger partial charge in [-0.15, -0.1) is 0 Å². The molecule has 4 aliphatic rings. The lowest BCUT2D eigenvalue weighted by molar-refractivity contribution is -0.0166. The van der Waals surface area contributed by atoms with Crippen LogP contribution in [0.15, 0.2) is 4.79 Å². The molecule has 1 amide bonds. The van der Waals surface area contributed by atoms with E-state index in [0.29, 0.717) is 4.88 Å². The zero-order valence-electron chi connectivity index (χ0n) is 12.6. The molecule has 1 heterocycles. The summed E-state index contributed by atoms with van der Waals surface area (Å²) in [5.41, 5.74) is 0.802. The van der Waals surface area contributed by atoms with E-state index in [1.807, 2.05) is 6.92 Å². The summed E-state index contributed by atoms with van der Waals surface area (Å²) >= 11 is 1.07. The van der Waals surface area contributed by atoms with Crippen molar-refractivity contribution >= 4 is 17.2 Å². The predicted octanol–water partition coefficient (Wildman–Crippen LogP) is 2.45. The first-order valence-electron chi connectivity index (χ1n) is 7.95. The molecule has 5 heteroatoms. The van der Waals surface area contributed by atoms with Gasteiger partial charge in [-0.2, -0.15) is 0 Å². The summed E-state index contributed by atoms with van der Waals surface area (Å²) < 4.78 is 1.57. The summed E-state index contributed by atoms with van der Waals surface area (Å²) in [5, 5.41) is 3.34. The first kappa shape index (κ1) is 13.6. The summed E-state index contributed by atoms with van der Waals surface area (Å²) in [7, 11) is 1.73. The number of thiazole rings is 1. The van der Waals surface area contributed by atoms with Crippen LogP contribution in [0, 0.1) is 24.7 Å². The molecule has 1 aromatic heterocycles. The van der Waals surface area contributed by atoms with Crippen molar-refractivity contribution in [3.05, 3.63) is 20.2 Å². The number of carbonyl (C=O) groups excluding carboxylic acids is 1. The standard InChI is InChI=1S/C16H22N2O2S/c1-9-13(21-15(20)18(9)2)14(19)17-16-6-10-3-11(7-16)5-12(4-10)8-16/h10-12H,3-8H2,1-2H3,(H,17,19). The van der Waals surface area contributed by atoms with Crippen molar-refractivity contribution in [2.45, 2.75) is 51.0 Å². The number of nitrogens with one attached hydrogen (secondary N) is 1. The summed E-state index contributed by atoms with van der Waals surface area (Å²) in [5.74, 6) is 2.41. The Kier molecular flexibility index (Phi) is 2.87. The van der Waals surface area contributed by atoms with E-state index in [2.05, 4.69) is 5.32 Å². The second kappa shape index (κ2) is 4.45. The van der Waals surface area contributed by atoms with Crippen molar-refractivity contribution in [1.29, 1.82) is 0 Å². The normalized spacial score (nSPS) is 37.0. The lowest BCUT2D eigenvalue weighted by atomic mass is 9.53. The fourth-order valence-electron chi connectivity index (χ4n) is 5.29. The van der Waals surface area contributed by atoms with Crippen molar-refractivity contribution in [2.75, 3.05) is 0 Å². The Morgan fingerprint density at radius 1 is 1.19 bits per heavy atom. The van der Waals surface area contributed by atoms with Crippen LogP contribution in [0.5, 0.6) is 0 Å². The van der Waals surface area contributed by atoms with Crippen LogP contribution in [0.1, 0.15) is 53.9 Å². The Balaban J connectivity index is 1.59. The Morgan fingerprint density at radius 3 is 2.14 bits per heavy atom. The molecular formula is C16H22N2O2S. The molecule has 114 valence electrons. The third kappa shape index (κ3) is 2.08. The van der Waals surface area contributed by atoms with Gasteiger partial charge in [-0.1, -0.05) is 11.3 Å². The van der Waals surface area contributed by atoms with Gasteiger partial charge in [-0.25, -0.2) is 0 Å². The molecule has 0 aromatic carbocycles. The smallest absolute Gasteiger partial charge is 0.307 e. The van der Waals surface area contributed by atoms with E-state index in [1.165, 1.54) is 19.3 Å². The average Bonchev–Trinajstić information content (AvgIpc) is 2.64. The van der Waals surface area contributed by atoms with Crippen molar-refractivity contribution in [2.24, 2.45) is 24.8 Å². The minimum absolute atomic E-state index is 0.0177. The molecule has 4 bridgehead atoms. The molecule has 0 atom stereocenters. The van der Waals surface area contributed by atoms with Gasteiger partial charge < -0.3 is 9.88 Å². The molecule has 1 aromatic rings. The highest BCUT2D eigenvalue weighted by atomic mass is 32.1. The van der Waals surface area contributed by atoms with Gasteiger partial charge in [0.15, 0.2) is 0 Å². The van der Waals surface area contributed by atoms with Gasteiger partial charge >= 0.3 is 4.87 Å². The Hall–Kier alpha value is -1.10. The van der Waals surface area contributed by atoms with Gasteiger partial charge in [0.05, 0.1) is 0 Å². The Labute approximate surface area is 128 Å². The van der Waals surface area contributed by atoms with Crippen LogP contribution >= 0.6 is 11.3 Å². The molecule has 1 N–H and O–H groups in total. The monoisotopic (exact) mass is 306 g/mol. The highest BCUT2D eigenvalue weighted by molar-refractivity contribution is 7.11. The van der Waals surface area contributed by atoms with Crippen LogP contribution in [0.2, 0.25) is 0 Å². The van der Waals surface area contributed by atoms with Crippen LogP contribution in [0.25, 0.3) is 0 Å². The second-order valence-electron chi connectivity index (χ2n) is 7.49. The number of rotatable bonds is 2. The number of aromatic nitrogens is 1. The van der Waals surface area contributed by atoms with Gasteiger partial charge in [-0.3, -0.25) is 9.59 Å². The molecule has 21 heavy (non-hydrogen) atoms. The maximum atomic E-state index is 12.7. The van der Waals surface area contributed by atoms with E-state index in [4.69, 9.17) is 0 Å². The van der Waals surface area contributed by atoms with E-state index in [0.717, 1.165) is 54.0 Å². The number of amides is 1. The molecule has 0 unspecified atom stereocenters. The van der Waals surface area contributed by atoms with E-state index in [9.17, 15) is 9.59 Å². The lowest BCUT2D eigenvalue weighted by Gasteiger charge is -2.56. The van der Waals surface area contributed by atoms with Gasteiger partial charge in [-0.05, 0) is 63.2 Å². The minimum atomic E-state index is -0.0526. The molecule has 0 saturated heterocycles. The van der Waals surface area contributed by atoms with Crippen LogP contribution in [-0.4, -0.2) is 16.0 Å². The largest absolute Gasteiger partial charge is 0.346 e. The quantitative estimate of drug-likeness (QED) is 0.912. The second-order valence-corrected chi connectivity index (χ2v) is 8.46. The van der Waals surface area contributed by atoms with Crippen molar-refractivity contribution in [1.82, 2.24) is 9.88 Å². The fraction of sp³-hybridized carbons (Fsp3) is 0.750. The number of nitrogens with zero attached hydrogens (tertiary/aromatic N) is 1. The molecule has 5 rings (SSSR count). The molecule has 4 fully saturated rings. The molecular weight excluding hydrogens is 284 g/mol. The Bertz CT molecular complexity index is 622. The van der Waals surface area contributed by atoms with Crippen LogP contribution in [-0.2, 0) is 7.05 Å². The van der Waals surface area contributed by atoms with Crippen LogP contribution in [0.3, 0.4) is 0 Å². The van der Waals surface area contributed by atoms with E-state index in [1.54, 1.807) is 11.6 Å². The Morgan fingerprint density at radius 2 is 1.71 bits per heavy atom. The lowest BCUT2D eigenvalue weighted by Crippen LogP contribution is -2.59. The summed E-state index contributed by atoms with van der Waals surface area (Å²) in [6.45, 7) is 1.85. The van der Waals surface area contributed by atoms with Gasteiger partial charge in [0.1, 0.15) is 4.88 Å². The van der Waals surface area contributed by atoms with Crippen molar-refractivity contribution in [3.8, 4) is 0 Å². The van der Waals surface area contributed by atoms with Crippen molar-refractivity contribution < 1.29 is 4.79 Å². The maximum Gasteiger partial charge on any atom is 0.307 e. The highest BCUT2D eigenvalue weighted by Gasteiger charge is 2.51. The average molecular weight is 306 g/mol. The predicted molar refractivity (Wildman–Crippen MR) is 82.7 cm³/mol. The number of hydrogen-bond donors (Lipinski definition) is 1. The zero-order valence-corrected chi connectivity index (χ0v) is 13.5. The molecule has 4 nitrogen and oxygen atoms in total. The van der Waals surface area contributed by atoms with E-state index < -0.39 is 0 Å². The third-order valence-electron chi connectivity index (χ3n) is 5.92. The minimum Gasteiger partial charge on any atom is -0.346 e. The fourth-order valence-corrected chi connectivity index (χ4v) is 6.17. The topological polar surface area (TPSA) is 51.1 Å². The molecule has 4 saturated carbocycles.